The first-order valence-corrected chi connectivity index (χ1v) is 12.8. The zero-order valence-electron chi connectivity index (χ0n) is 20.2. The van der Waals surface area contributed by atoms with E-state index in [0.29, 0.717) is 12.2 Å². The Morgan fingerprint density at radius 1 is 0.886 bits per heavy atom. The second-order valence-electron chi connectivity index (χ2n) is 9.96. The molecule has 1 fully saturated rings. The number of hydrogen-bond donors (Lipinski definition) is 1. The predicted molar refractivity (Wildman–Crippen MR) is 139 cm³/mol. The normalized spacial score (nSPS) is 18.8. The van der Waals surface area contributed by atoms with Gasteiger partial charge < -0.3 is 15.1 Å². The third-order valence-electron chi connectivity index (χ3n) is 7.56. The first-order valence-electron chi connectivity index (χ1n) is 12.8. The molecule has 1 N–H and O–H groups in total. The van der Waals surface area contributed by atoms with Crippen LogP contribution in [0.5, 0.6) is 0 Å². The van der Waals surface area contributed by atoms with Crippen LogP contribution in [0.3, 0.4) is 0 Å². The number of urea groups is 1. The van der Waals surface area contributed by atoms with Crippen molar-refractivity contribution in [1.29, 1.82) is 0 Å². The second-order valence-corrected chi connectivity index (χ2v) is 9.96. The number of hydrogen-bond acceptors (Lipinski definition) is 2. The van der Waals surface area contributed by atoms with E-state index in [1.807, 2.05) is 11.0 Å². The molecule has 1 saturated heterocycles. The fourth-order valence-corrected chi connectivity index (χ4v) is 5.50. The summed E-state index contributed by atoms with van der Waals surface area (Å²) in [5.41, 5.74) is 4.61. The molecule has 1 atom stereocenters. The summed E-state index contributed by atoms with van der Waals surface area (Å²) in [5, 5.41) is 2.97. The lowest BCUT2D eigenvalue weighted by atomic mass is 9.89. The summed E-state index contributed by atoms with van der Waals surface area (Å²) in [6.45, 7) is 3.86. The molecule has 2 aliphatic rings. The zero-order chi connectivity index (χ0) is 24.0. The topological polar surface area (TPSA) is 35.6 Å². The van der Waals surface area contributed by atoms with Gasteiger partial charge in [0.1, 0.15) is 5.82 Å². The minimum absolute atomic E-state index is 0.113. The fraction of sp³-hybridized carbons (Fsp3) is 0.367. The van der Waals surface area contributed by atoms with E-state index in [2.05, 4.69) is 58.7 Å². The molecule has 3 aromatic carbocycles. The molecule has 35 heavy (non-hydrogen) atoms. The zero-order valence-corrected chi connectivity index (χ0v) is 20.2. The summed E-state index contributed by atoms with van der Waals surface area (Å²) >= 11 is 0. The van der Waals surface area contributed by atoms with Crippen molar-refractivity contribution in [2.75, 3.05) is 25.0 Å². The quantitative estimate of drug-likeness (QED) is 0.469. The average Bonchev–Trinajstić information content (AvgIpc) is 2.89. The van der Waals surface area contributed by atoms with Crippen LogP contribution < -0.4 is 5.32 Å². The number of piperidine rings is 1. The minimum Gasteiger partial charge on any atom is -0.317 e. The molecule has 5 rings (SSSR count). The third-order valence-corrected chi connectivity index (χ3v) is 7.56. The monoisotopic (exact) mass is 471 g/mol. The van der Waals surface area contributed by atoms with Crippen LogP contribution in [0.1, 0.15) is 36.0 Å². The molecule has 0 saturated carbocycles. The highest BCUT2D eigenvalue weighted by Gasteiger charge is 2.30. The number of carbonyl (C=O) groups is 1. The van der Waals surface area contributed by atoms with Gasteiger partial charge >= 0.3 is 6.03 Å². The number of nitrogens with zero attached hydrogens (tertiary/aromatic N) is 2. The second kappa shape index (κ2) is 11.0. The standard InChI is InChI=1S/C30H34FN3O/c31-27-10-12-28(13-11-27)32-30(35)34-22-26-9-5-4-8-25(26)21-29(34)16-19-33-17-14-24(15-18-33)20-23-6-2-1-3-7-23/h1-13,24,29H,14-22H2,(H,32,35). The Morgan fingerprint density at radius 3 is 2.31 bits per heavy atom. The molecule has 5 heteroatoms. The fourth-order valence-electron chi connectivity index (χ4n) is 5.50. The van der Waals surface area contributed by atoms with Crippen molar-refractivity contribution in [1.82, 2.24) is 9.80 Å². The number of halogens is 1. The Labute approximate surface area is 207 Å². The van der Waals surface area contributed by atoms with Crippen LogP contribution in [-0.4, -0.2) is 41.5 Å². The van der Waals surface area contributed by atoms with Gasteiger partial charge in [0.05, 0.1) is 0 Å². The van der Waals surface area contributed by atoms with Crippen LogP contribution >= 0.6 is 0 Å². The lowest BCUT2D eigenvalue weighted by molar-refractivity contribution is 0.141. The average molecular weight is 472 g/mol. The van der Waals surface area contributed by atoms with Crippen LogP contribution in [0.15, 0.2) is 78.9 Å². The summed E-state index contributed by atoms with van der Waals surface area (Å²) < 4.78 is 13.3. The SMILES string of the molecule is O=C(Nc1ccc(F)cc1)N1Cc2ccccc2CC1CCN1CCC(Cc2ccccc2)CC1. The van der Waals surface area contributed by atoms with Gasteiger partial charge in [-0.1, -0.05) is 54.6 Å². The van der Waals surface area contributed by atoms with Crippen molar-refractivity contribution in [3.63, 3.8) is 0 Å². The van der Waals surface area contributed by atoms with Gasteiger partial charge in [-0.2, -0.15) is 0 Å². The summed E-state index contributed by atoms with van der Waals surface area (Å²) in [4.78, 5) is 17.8. The maximum atomic E-state index is 13.3. The molecule has 0 spiro atoms. The number of likely N-dealkylation sites (tertiary alicyclic amines) is 1. The molecule has 182 valence electrons. The summed E-state index contributed by atoms with van der Waals surface area (Å²) in [6, 6.07) is 25.2. The van der Waals surface area contributed by atoms with Crippen molar-refractivity contribution < 1.29 is 9.18 Å². The van der Waals surface area contributed by atoms with Crippen LogP contribution in [0.25, 0.3) is 0 Å². The summed E-state index contributed by atoms with van der Waals surface area (Å²) in [5.74, 6) is 0.452. The van der Waals surface area contributed by atoms with E-state index in [1.54, 1.807) is 12.1 Å². The molecule has 2 amide bonds. The van der Waals surface area contributed by atoms with E-state index in [0.717, 1.165) is 38.4 Å². The number of fused-ring (bicyclic) bond motifs is 1. The van der Waals surface area contributed by atoms with Crippen molar-refractivity contribution in [2.24, 2.45) is 5.92 Å². The smallest absolute Gasteiger partial charge is 0.317 e. The predicted octanol–water partition coefficient (Wildman–Crippen LogP) is 6.13. The molecule has 4 nitrogen and oxygen atoms in total. The molecular formula is C30H34FN3O. The first-order chi connectivity index (χ1) is 17.1. The Morgan fingerprint density at radius 2 is 1.57 bits per heavy atom. The van der Waals surface area contributed by atoms with Crippen molar-refractivity contribution in [2.45, 2.75) is 44.7 Å². The number of benzene rings is 3. The van der Waals surface area contributed by atoms with Gasteiger partial charge in [0.25, 0.3) is 0 Å². The third kappa shape index (κ3) is 6.09. The van der Waals surface area contributed by atoms with Gasteiger partial charge in [0, 0.05) is 24.8 Å². The molecule has 1 unspecified atom stereocenters. The van der Waals surface area contributed by atoms with Gasteiger partial charge in [0.15, 0.2) is 0 Å². The number of rotatable bonds is 6. The van der Waals surface area contributed by atoms with Crippen LogP contribution in [0, 0.1) is 11.7 Å². The number of anilines is 1. The molecular weight excluding hydrogens is 437 g/mol. The van der Waals surface area contributed by atoms with Crippen LogP contribution in [0.2, 0.25) is 0 Å². The number of carbonyl (C=O) groups excluding carboxylic acids is 1. The van der Waals surface area contributed by atoms with Crippen molar-refractivity contribution in [3.8, 4) is 0 Å². The van der Waals surface area contributed by atoms with Crippen molar-refractivity contribution >= 4 is 11.7 Å². The summed E-state index contributed by atoms with van der Waals surface area (Å²) in [7, 11) is 0. The van der Waals surface area contributed by atoms with Gasteiger partial charge in [-0.15, -0.1) is 0 Å². The van der Waals surface area contributed by atoms with E-state index in [9.17, 15) is 9.18 Å². The molecule has 0 bridgehead atoms. The Bertz CT molecular complexity index is 1110. The van der Waals surface area contributed by atoms with Gasteiger partial charge in [-0.3, -0.25) is 0 Å². The highest BCUT2D eigenvalue weighted by atomic mass is 19.1. The van der Waals surface area contributed by atoms with Gasteiger partial charge in [-0.05, 0) is 92.1 Å². The van der Waals surface area contributed by atoms with Gasteiger partial charge in [-0.25, -0.2) is 9.18 Å². The number of amides is 2. The van der Waals surface area contributed by atoms with E-state index in [4.69, 9.17) is 0 Å². The minimum atomic E-state index is -0.305. The Kier molecular flexibility index (Phi) is 7.43. The Balaban J connectivity index is 1.19. The molecule has 0 radical (unpaired) electrons. The largest absolute Gasteiger partial charge is 0.322 e. The maximum absolute atomic E-state index is 13.3. The van der Waals surface area contributed by atoms with E-state index >= 15 is 0 Å². The van der Waals surface area contributed by atoms with E-state index in [1.165, 1.54) is 48.1 Å². The van der Waals surface area contributed by atoms with Crippen molar-refractivity contribution in [3.05, 3.63) is 101 Å². The van der Waals surface area contributed by atoms with Gasteiger partial charge in [0.2, 0.25) is 0 Å². The lowest BCUT2D eigenvalue weighted by Gasteiger charge is -2.39. The summed E-state index contributed by atoms with van der Waals surface area (Å²) in [6.07, 6.45) is 5.46. The first kappa shape index (κ1) is 23.6. The molecule has 2 aliphatic heterocycles. The molecule has 3 aromatic rings. The molecule has 2 heterocycles. The molecule has 0 aromatic heterocycles. The lowest BCUT2D eigenvalue weighted by Crippen LogP contribution is -2.48. The van der Waals surface area contributed by atoms with E-state index < -0.39 is 0 Å². The van der Waals surface area contributed by atoms with E-state index in [-0.39, 0.29) is 17.9 Å². The highest BCUT2D eigenvalue weighted by molar-refractivity contribution is 5.89. The van der Waals surface area contributed by atoms with Crippen LogP contribution in [0.4, 0.5) is 14.9 Å². The molecule has 0 aliphatic carbocycles. The van der Waals surface area contributed by atoms with Crippen LogP contribution in [-0.2, 0) is 19.4 Å². The highest BCUT2D eigenvalue weighted by Crippen LogP contribution is 2.27. The maximum Gasteiger partial charge on any atom is 0.322 e. The Hall–Kier alpha value is -3.18. The number of nitrogens with one attached hydrogen (secondary N) is 1.